The number of amides is 1. The van der Waals surface area contributed by atoms with Crippen LogP contribution in [0.5, 0.6) is 0 Å². The van der Waals surface area contributed by atoms with Crippen LogP contribution < -0.4 is 5.32 Å². The van der Waals surface area contributed by atoms with E-state index in [-0.39, 0.29) is 22.8 Å². The van der Waals surface area contributed by atoms with Gasteiger partial charge in [0, 0.05) is 30.8 Å². The number of hydrogen-bond acceptors (Lipinski definition) is 8. The van der Waals surface area contributed by atoms with Crippen molar-refractivity contribution in [3.63, 3.8) is 0 Å². The Kier molecular flexibility index (Phi) is 5.83. The highest BCUT2D eigenvalue weighted by Gasteiger charge is 2.17. The third-order valence-corrected chi connectivity index (χ3v) is 4.90. The van der Waals surface area contributed by atoms with Crippen molar-refractivity contribution in [2.45, 2.75) is 5.16 Å². The van der Waals surface area contributed by atoms with Gasteiger partial charge in [0.05, 0.1) is 15.6 Å². The van der Waals surface area contributed by atoms with Gasteiger partial charge in [-0.1, -0.05) is 23.9 Å². The van der Waals surface area contributed by atoms with E-state index >= 15 is 0 Å². The van der Waals surface area contributed by atoms with Gasteiger partial charge in [0.1, 0.15) is 5.69 Å². The van der Waals surface area contributed by atoms with E-state index in [9.17, 15) is 25.0 Å². The number of thioether (sulfide) groups is 1. The molecular formula is C17H14N6O5S. The minimum Gasteiger partial charge on any atom is -0.320 e. The van der Waals surface area contributed by atoms with Crippen molar-refractivity contribution in [1.82, 2.24) is 14.8 Å². The van der Waals surface area contributed by atoms with Crippen LogP contribution >= 0.6 is 11.8 Å². The topological polar surface area (TPSA) is 146 Å². The zero-order valence-electron chi connectivity index (χ0n) is 15.0. The van der Waals surface area contributed by atoms with E-state index in [0.29, 0.717) is 16.5 Å². The van der Waals surface area contributed by atoms with Gasteiger partial charge >= 0.3 is 0 Å². The van der Waals surface area contributed by atoms with E-state index in [2.05, 4.69) is 15.5 Å². The lowest BCUT2D eigenvalue weighted by molar-refractivity contribution is -0.384. The van der Waals surface area contributed by atoms with Crippen molar-refractivity contribution in [2.75, 3.05) is 11.1 Å². The molecule has 2 aromatic carbocycles. The Morgan fingerprint density at radius 2 is 1.76 bits per heavy atom. The number of nitro benzene ring substituents is 2. The van der Waals surface area contributed by atoms with E-state index in [1.807, 2.05) is 0 Å². The molecule has 0 aliphatic carbocycles. The summed E-state index contributed by atoms with van der Waals surface area (Å²) < 4.78 is 1.66. The number of nitro groups is 2. The van der Waals surface area contributed by atoms with Gasteiger partial charge in [-0.2, -0.15) is 0 Å². The van der Waals surface area contributed by atoms with Crippen LogP contribution in [0.3, 0.4) is 0 Å². The summed E-state index contributed by atoms with van der Waals surface area (Å²) in [5.74, 6) is 0.0313. The fourth-order valence-corrected chi connectivity index (χ4v) is 3.19. The molecule has 3 rings (SSSR count). The first kappa shape index (κ1) is 19.9. The third kappa shape index (κ3) is 4.55. The minimum absolute atomic E-state index is 0.0295. The van der Waals surface area contributed by atoms with Crippen molar-refractivity contribution in [3.8, 4) is 11.4 Å². The van der Waals surface area contributed by atoms with E-state index in [1.165, 1.54) is 30.3 Å². The van der Waals surface area contributed by atoms with Crippen molar-refractivity contribution >= 4 is 34.7 Å². The lowest BCUT2D eigenvalue weighted by Gasteiger charge is -2.06. The zero-order chi connectivity index (χ0) is 21.0. The van der Waals surface area contributed by atoms with Crippen LogP contribution in [0.25, 0.3) is 11.4 Å². The molecule has 0 saturated carbocycles. The first-order chi connectivity index (χ1) is 13.9. The Morgan fingerprint density at radius 1 is 1.07 bits per heavy atom. The van der Waals surface area contributed by atoms with Gasteiger partial charge in [-0.3, -0.25) is 25.0 Å². The molecule has 1 aromatic heterocycles. The highest BCUT2D eigenvalue weighted by Crippen LogP contribution is 2.26. The van der Waals surface area contributed by atoms with E-state index < -0.39 is 15.8 Å². The predicted molar refractivity (Wildman–Crippen MR) is 106 cm³/mol. The molecule has 0 bridgehead atoms. The highest BCUT2D eigenvalue weighted by atomic mass is 32.2. The molecule has 11 nitrogen and oxygen atoms in total. The number of rotatable bonds is 7. The van der Waals surface area contributed by atoms with Crippen LogP contribution in [0.15, 0.2) is 53.7 Å². The number of benzene rings is 2. The number of para-hydroxylation sites is 2. The molecule has 29 heavy (non-hydrogen) atoms. The summed E-state index contributed by atoms with van der Waals surface area (Å²) >= 11 is 1.11. The molecule has 3 aromatic rings. The first-order valence-corrected chi connectivity index (χ1v) is 9.15. The normalized spacial score (nSPS) is 10.5. The standard InChI is InChI=1S/C17H14N6O5S/c1-21-16(11-6-8-12(9-7-11)22(25)26)19-20-17(21)29-10-15(24)18-13-4-2-3-5-14(13)23(27)28/h2-9H,10H2,1H3,(H,18,24). The molecule has 0 saturated heterocycles. The molecule has 148 valence electrons. The van der Waals surface area contributed by atoms with Gasteiger partial charge in [0.25, 0.3) is 11.4 Å². The SMILES string of the molecule is Cn1c(SCC(=O)Nc2ccccc2[N+](=O)[O-])nnc1-c1ccc([N+](=O)[O-])cc1. The summed E-state index contributed by atoms with van der Waals surface area (Å²) in [6.45, 7) is 0. The number of carbonyl (C=O) groups is 1. The van der Waals surface area contributed by atoms with Crippen LogP contribution in [0.4, 0.5) is 17.1 Å². The van der Waals surface area contributed by atoms with E-state index in [4.69, 9.17) is 0 Å². The summed E-state index contributed by atoms with van der Waals surface area (Å²) in [6.07, 6.45) is 0. The highest BCUT2D eigenvalue weighted by molar-refractivity contribution is 7.99. The van der Waals surface area contributed by atoms with Crippen LogP contribution in [0.2, 0.25) is 0 Å². The van der Waals surface area contributed by atoms with E-state index in [0.717, 1.165) is 11.8 Å². The number of carbonyl (C=O) groups excluding carboxylic acids is 1. The predicted octanol–water partition coefficient (Wildman–Crippen LogP) is 3.03. The molecule has 12 heteroatoms. The molecule has 0 aliphatic rings. The summed E-state index contributed by atoms with van der Waals surface area (Å²) in [7, 11) is 1.71. The summed E-state index contributed by atoms with van der Waals surface area (Å²) in [6, 6.07) is 11.7. The van der Waals surface area contributed by atoms with Crippen molar-refractivity contribution in [3.05, 3.63) is 68.8 Å². The number of non-ortho nitro benzene ring substituents is 1. The Morgan fingerprint density at radius 3 is 2.41 bits per heavy atom. The van der Waals surface area contributed by atoms with Crippen LogP contribution in [0, 0.1) is 20.2 Å². The van der Waals surface area contributed by atoms with Gasteiger partial charge < -0.3 is 9.88 Å². The molecule has 0 unspecified atom stereocenters. The number of aromatic nitrogens is 3. The second kappa shape index (κ2) is 8.48. The lowest BCUT2D eigenvalue weighted by atomic mass is 10.2. The lowest BCUT2D eigenvalue weighted by Crippen LogP contribution is -2.15. The average molecular weight is 414 g/mol. The van der Waals surface area contributed by atoms with Gasteiger partial charge in [0.15, 0.2) is 11.0 Å². The summed E-state index contributed by atoms with van der Waals surface area (Å²) in [5.41, 5.74) is 0.539. The number of hydrogen-bond donors (Lipinski definition) is 1. The second-order valence-electron chi connectivity index (χ2n) is 5.78. The number of nitrogens with zero attached hydrogens (tertiary/aromatic N) is 5. The van der Waals surface area contributed by atoms with Crippen LogP contribution in [0.1, 0.15) is 0 Å². The van der Waals surface area contributed by atoms with Crippen LogP contribution in [-0.2, 0) is 11.8 Å². The molecule has 0 fully saturated rings. The minimum atomic E-state index is -0.568. The molecule has 0 atom stereocenters. The molecule has 1 amide bonds. The zero-order valence-corrected chi connectivity index (χ0v) is 15.8. The Balaban J connectivity index is 1.67. The van der Waals surface area contributed by atoms with Gasteiger partial charge in [0.2, 0.25) is 5.91 Å². The first-order valence-electron chi connectivity index (χ1n) is 8.17. The quantitative estimate of drug-likeness (QED) is 0.352. The molecular weight excluding hydrogens is 400 g/mol. The fraction of sp³-hybridized carbons (Fsp3) is 0.118. The molecule has 0 aliphatic heterocycles. The monoisotopic (exact) mass is 414 g/mol. The Bertz CT molecular complexity index is 1080. The average Bonchev–Trinajstić information content (AvgIpc) is 3.07. The van der Waals surface area contributed by atoms with Gasteiger partial charge in [-0.15, -0.1) is 10.2 Å². The van der Waals surface area contributed by atoms with Gasteiger partial charge in [-0.05, 0) is 18.2 Å². The third-order valence-electron chi connectivity index (χ3n) is 3.88. The summed E-state index contributed by atoms with van der Waals surface area (Å²) in [4.78, 5) is 32.9. The maximum absolute atomic E-state index is 12.2. The van der Waals surface area contributed by atoms with Crippen LogP contribution in [-0.4, -0.2) is 36.3 Å². The second-order valence-corrected chi connectivity index (χ2v) is 6.72. The molecule has 0 spiro atoms. The molecule has 1 N–H and O–H groups in total. The Hall–Kier alpha value is -3.80. The molecule has 1 heterocycles. The van der Waals surface area contributed by atoms with Crippen molar-refractivity contribution < 1.29 is 14.6 Å². The maximum atomic E-state index is 12.2. The van der Waals surface area contributed by atoms with Crippen molar-refractivity contribution in [2.24, 2.45) is 7.05 Å². The maximum Gasteiger partial charge on any atom is 0.292 e. The van der Waals surface area contributed by atoms with Gasteiger partial charge in [-0.25, -0.2) is 0 Å². The largest absolute Gasteiger partial charge is 0.320 e. The smallest absolute Gasteiger partial charge is 0.292 e. The van der Waals surface area contributed by atoms with E-state index in [1.54, 1.807) is 29.8 Å². The van der Waals surface area contributed by atoms with Crippen molar-refractivity contribution in [1.29, 1.82) is 0 Å². The molecule has 0 radical (unpaired) electrons. The summed E-state index contributed by atoms with van der Waals surface area (Å²) in [5, 5.41) is 32.8. The fourth-order valence-electron chi connectivity index (χ4n) is 2.48. The number of anilines is 1. The number of nitrogens with one attached hydrogen (secondary N) is 1. The Labute approximate surface area is 168 Å².